The first-order valence-corrected chi connectivity index (χ1v) is 8.34. The molecule has 2 heterocycles. The van der Waals surface area contributed by atoms with E-state index in [9.17, 15) is 9.59 Å². The summed E-state index contributed by atoms with van der Waals surface area (Å²) in [4.78, 5) is 31.1. The van der Waals surface area contributed by atoms with Crippen LogP contribution in [0, 0.1) is 0 Å². The summed E-state index contributed by atoms with van der Waals surface area (Å²) in [5.41, 5.74) is 1.28. The molecule has 6 heteroatoms. The fraction of sp³-hybridized carbons (Fsp3) is 0.316. The van der Waals surface area contributed by atoms with Crippen molar-refractivity contribution in [2.24, 2.45) is 0 Å². The Kier molecular flexibility index (Phi) is 5.28. The van der Waals surface area contributed by atoms with Gasteiger partial charge in [-0.05, 0) is 18.4 Å². The van der Waals surface area contributed by atoms with E-state index in [4.69, 9.17) is 4.74 Å². The smallest absolute Gasteiger partial charge is 0.251 e. The molecule has 1 N–H and O–H groups in total. The van der Waals surface area contributed by atoms with Crippen molar-refractivity contribution in [3.63, 3.8) is 0 Å². The topological polar surface area (TPSA) is 71.5 Å². The molecule has 0 radical (unpaired) electrons. The second-order valence-electron chi connectivity index (χ2n) is 5.92. The molecule has 0 aliphatic carbocycles. The van der Waals surface area contributed by atoms with Gasteiger partial charge in [0.05, 0.1) is 13.3 Å². The van der Waals surface area contributed by atoms with Crippen LogP contribution in [0.15, 0.2) is 48.8 Å². The molecule has 1 atom stereocenters. The number of piperidine rings is 1. The summed E-state index contributed by atoms with van der Waals surface area (Å²) >= 11 is 0. The van der Waals surface area contributed by atoms with E-state index < -0.39 is 6.04 Å². The van der Waals surface area contributed by atoms with Gasteiger partial charge in [0.25, 0.3) is 5.91 Å². The summed E-state index contributed by atoms with van der Waals surface area (Å²) in [7, 11) is 1.54. The first-order valence-electron chi connectivity index (χ1n) is 8.34. The summed E-state index contributed by atoms with van der Waals surface area (Å²) in [5, 5.41) is 2.86. The van der Waals surface area contributed by atoms with Gasteiger partial charge in [0.1, 0.15) is 17.5 Å². The van der Waals surface area contributed by atoms with Crippen LogP contribution in [0.25, 0.3) is 0 Å². The van der Waals surface area contributed by atoms with E-state index in [0.29, 0.717) is 24.4 Å². The van der Waals surface area contributed by atoms with Crippen LogP contribution in [0.5, 0.6) is 5.75 Å². The van der Waals surface area contributed by atoms with Crippen molar-refractivity contribution in [1.82, 2.24) is 9.88 Å². The number of nitrogens with one attached hydrogen (secondary N) is 1. The van der Waals surface area contributed by atoms with Gasteiger partial charge >= 0.3 is 0 Å². The van der Waals surface area contributed by atoms with Gasteiger partial charge < -0.3 is 15.0 Å². The second-order valence-corrected chi connectivity index (χ2v) is 5.92. The summed E-state index contributed by atoms with van der Waals surface area (Å²) < 4.78 is 5.26. The van der Waals surface area contributed by atoms with Crippen LogP contribution in [0.1, 0.15) is 30.9 Å². The number of hydrogen-bond donors (Lipinski definition) is 1. The van der Waals surface area contributed by atoms with Crippen LogP contribution >= 0.6 is 0 Å². The predicted molar refractivity (Wildman–Crippen MR) is 94.2 cm³/mol. The van der Waals surface area contributed by atoms with Crippen molar-refractivity contribution < 1.29 is 14.3 Å². The molecule has 3 rings (SSSR count). The Morgan fingerprint density at radius 1 is 1.24 bits per heavy atom. The normalized spacial score (nSPS) is 15.6. The zero-order valence-corrected chi connectivity index (χ0v) is 14.1. The lowest BCUT2D eigenvalue weighted by Crippen LogP contribution is -2.43. The van der Waals surface area contributed by atoms with Gasteiger partial charge in [-0.1, -0.05) is 30.3 Å². The zero-order chi connectivity index (χ0) is 17.6. The monoisotopic (exact) mass is 339 g/mol. The summed E-state index contributed by atoms with van der Waals surface area (Å²) in [6.07, 6.45) is 5.38. The fourth-order valence-corrected chi connectivity index (χ4v) is 3.06. The predicted octanol–water partition coefficient (Wildman–Crippen LogP) is 2.78. The Balaban J connectivity index is 1.91. The largest absolute Gasteiger partial charge is 0.494 e. The van der Waals surface area contributed by atoms with Gasteiger partial charge in [-0.25, -0.2) is 0 Å². The minimum absolute atomic E-state index is 0.00778. The molecule has 6 nitrogen and oxygen atoms in total. The van der Waals surface area contributed by atoms with Gasteiger partial charge in [0.2, 0.25) is 5.91 Å². The van der Waals surface area contributed by atoms with E-state index >= 15 is 0 Å². The molecule has 1 fully saturated rings. The maximum atomic E-state index is 13.0. The fourth-order valence-electron chi connectivity index (χ4n) is 3.06. The Morgan fingerprint density at radius 2 is 2.04 bits per heavy atom. The van der Waals surface area contributed by atoms with Crippen molar-refractivity contribution in [3.8, 4) is 5.75 Å². The SMILES string of the molecule is COc1ccncc1NC(=O)[C@@H](c1ccccc1)N1CCCCC1=O. The van der Waals surface area contributed by atoms with Gasteiger partial charge in [-0.15, -0.1) is 0 Å². The highest BCUT2D eigenvalue weighted by atomic mass is 16.5. The number of aromatic nitrogens is 1. The van der Waals surface area contributed by atoms with E-state index in [-0.39, 0.29) is 11.8 Å². The second kappa shape index (κ2) is 7.79. The molecule has 2 aromatic rings. The van der Waals surface area contributed by atoms with Crippen molar-refractivity contribution >= 4 is 17.5 Å². The average molecular weight is 339 g/mol. The number of pyridine rings is 1. The molecule has 1 aromatic heterocycles. The number of nitrogens with zero attached hydrogens (tertiary/aromatic N) is 2. The highest BCUT2D eigenvalue weighted by molar-refractivity contribution is 5.98. The van der Waals surface area contributed by atoms with E-state index in [0.717, 1.165) is 18.4 Å². The van der Waals surface area contributed by atoms with Crippen LogP contribution in [0.2, 0.25) is 0 Å². The molecule has 1 aliphatic heterocycles. The number of amides is 2. The van der Waals surface area contributed by atoms with Gasteiger partial charge in [-0.3, -0.25) is 14.6 Å². The van der Waals surface area contributed by atoms with Crippen LogP contribution in [-0.4, -0.2) is 35.4 Å². The highest BCUT2D eigenvalue weighted by Crippen LogP contribution is 2.29. The molecule has 0 unspecified atom stereocenters. The molecule has 130 valence electrons. The summed E-state index contributed by atoms with van der Waals surface area (Å²) in [6.45, 7) is 0.579. The van der Waals surface area contributed by atoms with Crippen LogP contribution in [0.3, 0.4) is 0 Å². The quantitative estimate of drug-likeness (QED) is 0.909. The minimum Gasteiger partial charge on any atom is -0.494 e. The molecule has 0 bridgehead atoms. The van der Waals surface area contributed by atoms with Crippen molar-refractivity contribution in [2.45, 2.75) is 25.3 Å². The first kappa shape index (κ1) is 17.0. The maximum Gasteiger partial charge on any atom is 0.251 e. The van der Waals surface area contributed by atoms with Crippen LogP contribution < -0.4 is 10.1 Å². The third-order valence-electron chi connectivity index (χ3n) is 4.29. The lowest BCUT2D eigenvalue weighted by molar-refractivity contribution is -0.141. The number of ether oxygens (including phenoxy) is 1. The number of carbonyl (C=O) groups is 2. The number of rotatable bonds is 5. The Hall–Kier alpha value is -2.89. The number of hydrogen-bond acceptors (Lipinski definition) is 4. The summed E-state index contributed by atoms with van der Waals surface area (Å²) in [6, 6.07) is 10.4. The average Bonchev–Trinajstić information content (AvgIpc) is 2.65. The van der Waals surface area contributed by atoms with E-state index in [1.54, 1.807) is 17.2 Å². The number of benzene rings is 1. The molecular weight excluding hydrogens is 318 g/mol. The Labute approximate surface area is 146 Å². The number of likely N-dealkylation sites (tertiary alicyclic amines) is 1. The molecule has 25 heavy (non-hydrogen) atoms. The number of carbonyl (C=O) groups excluding carboxylic acids is 2. The Bertz CT molecular complexity index is 749. The minimum atomic E-state index is -0.668. The number of anilines is 1. The molecule has 1 saturated heterocycles. The van der Waals surface area contributed by atoms with E-state index in [1.807, 2.05) is 30.3 Å². The molecule has 0 saturated carbocycles. The number of methoxy groups -OCH3 is 1. The lowest BCUT2D eigenvalue weighted by Gasteiger charge is -2.34. The zero-order valence-electron chi connectivity index (χ0n) is 14.1. The van der Waals surface area contributed by atoms with Gasteiger partial charge in [-0.2, -0.15) is 0 Å². The maximum absolute atomic E-state index is 13.0. The summed E-state index contributed by atoms with van der Waals surface area (Å²) in [5.74, 6) is 0.265. The highest BCUT2D eigenvalue weighted by Gasteiger charge is 2.33. The van der Waals surface area contributed by atoms with E-state index in [1.165, 1.54) is 13.3 Å². The molecule has 1 aromatic carbocycles. The van der Waals surface area contributed by atoms with Gasteiger partial charge in [0.15, 0.2) is 0 Å². The molecule has 2 amide bonds. The van der Waals surface area contributed by atoms with Gasteiger partial charge in [0, 0.05) is 25.2 Å². The standard InChI is InChI=1S/C19H21N3O3/c1-25-16-10-11-20-13-15(16)21-19(24)18(14-7-3-2-4-8-14)22-12-6-5-9-17(22)23/h2-4,7-8,10-11,13,18H,5-6,9,12H2,1H3,(H,21,24)/t18-/m1/s1. The third-order valence-corrected chi connectivity index (χ3v) is 4.29. The first-order chi connectivity index (χ1) is 12.2. The molecule has 1 aliphatic rings. The van der Waals surface area contributed by atoms with Crippen molar-refractivity contribution in [3.05, 3.63) is 54.4 Å². The lowest BCUT2D eigenvalue weighted by atomic mass is 10.0. The van der Waals surface area contributed by atoms with Crippen LogP contribution in [-0.2, 0) is 9.59 Å². The third kappa shape index (κ3) is 3.79. The molecular formula is C19H21N3O3. The Morgan fingerprint density at radius 3 is 2.76 bits per heavy atom. The van der Waals surface area contributed by atoms with Crippen molar-refractivity contribution in [2.75, 3.05) is 19.0 Å². The van der Waals surface area contributed by atoms with E-state index in [2.05, 4.69) is 10.3 Å². The van der Waals surface area contributed by atoms with Crippen molar-refractivity contribution in [1.29, 1.82) is 0 Å². The van der Waals surface area contributed by atoms with Crippen LogP contribution in [0.4, 0.5) is 5.69 Å². The molecule has 0 spiro atoms.